The monoisotopic (exact) mass is 445 g/mol. The zero-order valence-electron chi connectivity index (χ0n) is 17.1. The summed E-state index contributed by atoms with van der Waals surface area (Å²) in [7, 11) is -4.05. The van der Waals surface area contributed by atoms with Crippen molar-refractivity contribution in [2.75, 3.05) is 13.1 Å². The van der Waals surface area contributed by atoms with Crippen molar-refractivity contribution in [2.24, 2.45) is 10.2 Å². The molecule has 0 saturated carbocycles. The van der Waals surface area contributed by atoms with E-state index in [1.165, 1.54) is 16.4 Å². The molecule has 0 aliphatic heterocycles. The fourth-order valence-corrected chi connectivity index (χ4v) is 4.78. The predicted molar refractivity (Wildman–Crippen MR) is 117 cm³/mol. The Morgan fingerprint density at radius 2 is 1.90 bits per heavy atom. The van der Waals surface area contributed by atoms with Crippen LogP contribution in [0.1, 0.15) is 26.7 Å². The second-order valence-electron chi connectivity index (χ2n) is 6.83. The van der Waals surface area contributed by atoms with Crippen molar-refractivity contribution in [1.82, 2.24) is 9.29 Å². The number of unbranched alkanes of at least 4 members (excludes halogenated alkanes) is 1. The van der Waals surface area contributed by atoms with Crippen LogP contribution >= 0.6 is 0 Å². The van der Waals surface area contributed by atoms with E-state index in [9.17, 15) is 23.6 Å². The van der Waals surface area contributed by atoms with Gasteiger partial charge in [0.1, 0.15) is 10.6 Å². The number of nitrogens with one attached hydrogen (secondary N) is 1. The van der Waals surface area contributed by atoms with Crippen molar-refractivity contribution in [3.05, 3.63) is 52.6 Å². The Hall–Kier alpha value is -3.31. The first-order valence-electron chi connectivity index (χ1n) is 9.79. The molecular weight excluding hydrogens is 422 g/mol. The highest BCUT2D eigenvalue weighted by molar-refractivity contribution is 7.89. The Balaban J connectivity index is 2.11. The maximum Gasteiger partial charge on any atom is 0.270 e. The van der Waals surface area contributed by atoms with E-state index in [-0.39, 0.29) is 40.9 Å². The standard InChI is InChI=1S/C20H23N5O5S/c1-3-5-12-24(4-2)31(29,30)18-13-14(25(27)28)10-11-17(18)22-23-19-15-8-6-7-9-16(15)21-20(19)26/h6-11,13,21,26H,3-5,12H2,1-2H3. The summed E-state index contributed by atoms with van der Waals surface area (Å²) in [6, 6.07) is 10.4. The summed E-state index contributed by atoms with van der Waals surface area (Å²) in [5, 5.41) is 30.1. The number of aromatic amines is 1. The molecule has 3 rings (SSSR count). The van der Waals surface area contributed by atoms with Crippen LogP contribution in [0.5, 0.6) is 5.88 Å². The van der Waals surface area contributed by atoms with E-state index in [1.807, 2.05) is 6.92 Å². The number of aromatic hydroxyl groups is 1. The van der Waals surface area contributed by atoms with Crippen LogP contribution < -0.4 is 0 Å². The molecule has 0 aliphatic carbocycles. The highest BCUT2D eigenvalue weighted by atomic mass is 32.2. The average molecular weight is 446 g/mol. The number of benzene rings is 2. The molecule has 2 N–H and O–H groups in total. The molecule has 11 heteroatoms. The van der Waals surface area contributed by atoms with Crippen molar-refractivity contribution in [3.8, 4) is 5.88 Å². The van der Waals surface area contributed by atoms with Gasteiger partial charge in [-0.1, -0.05) is 38.5 Å². The van der Waals surface area contributed by atoms with E-state index in [4.69, 9.17) is 0 Å². The molecule has 0 aliphatic rings. The van der Waals surface area contributed by atoms with Gasteiger partial charge in [0.25, 0.3) is 5.69 Å². The molecule has 1 heterocycles. The molecule has 0 saturated heterocycles. The Morgan fingerprint density at radius 3 is 2.58 bits per heavy atom. The van der Waals surface area contributed by atoms with Gasteiger partial charge < -0.3 is 10.1 Å². The van der Waals surface area contributed by atoms with E-state index in [0.717, 1.165) is 12.5 Å². The van der Waals surface area contributed by atoms with Gasteiger partial charge in [0.05, 0.1) is 10.4 Å². The smallest absolute Gasteiger partial charge is 0.270 e. The molecule has 0 radical (unpaired) electrons. The van der Waals surface area contributed by atoms with Crippen molar-refractivity contribution in [3.63, 3.8) is 0 Å². The first-order valence-corrected chi connectivity index (χ1v) is 11.2. The number of hydrogen-bond acceptors (Lipinski definition) is 7. The van der Waals surface area contributed by atoms with Gasteiger partial charge in [0.2, 0.25) is 15.9 Å². The number of rotatable bonds is 9. The number of nitrogens with zero attached hydrogens (tertiary/aromatic N) is 4. The van der Waals surface area contributed by atoms with Crippen LogP contribution in [0.3, 0.4) is 0 Å². The quantitative estimate of drug-likeness (QED) is 0.270. The van der Waals surface area contributed by atoms with Crippen molar-refractivity contribution < 1.29 is 18.4 Å². The zero-order chi connectivity index (χ0) is 22.6. The maximum absolute atomic E-state index is 13.3. The van der Waals surface area contributed by atoms with E-state index < -0.39 is 14.9 Å². The molecule has 31 heavy (non-hydrogen) atoms. The molecule has 1 aromatic heterocycles. The predicted octanol–water partition coefficient (Wildman–Crippen LogP) is 5.01. The molecular formula is C20H23N5O5S. The maximum atomic E-state index is 13.3. The topological polar surface area (TPSA) is 141 Å². The van der Waals surface area contributed by atoms with Crippen LogP contribution in [0.2, 0.25) is 0 Å². The lowest BCUT2D eigenvalue weighted by atomic mass is 10.2. The lowest BCUT2D eigenvalue weighted by Gasteiger charge is -2.20. The summed E-state index contributed by atoms with van der Waals surface area (Å²) in [5.41, 5.74) is 0.377. The van der Waals surface area contributed by atoms with Gasteiger partial charge >= 0.3 is 0 Å². The van der Waals surface area contributed by atoms with Crippen molar-refractivity contribution in [1.29, 1.82) is 0 Å². The van der Waals surface area contributed by atoms with Gasteiger partial charge in [-0.2, -0.15) is 4.31 Å². The molecule has 10 nitrogen and oxygen atoms in total. The molecule has 0 bridgehead atoms. The summed E-state index contributed by atoms with van der Waals surface area (Å²) in [6.45, 7) is 4.15. The Kier molecular flexibility index (Phi) is 6.66. The number of azo groups is 1. The average Bonchev–Trinajstić information content (AvgIpc) is 3.07. The number of H-pyrrole nitrogens is 1. The number of para-hydroxylation sites is 1. The fraction of sp³-hybridized carbons (Fsp3) is 0.300. The van der Waals surface area contributed by atoms with Gasteiger partial charge in [-0.15, -0.1) is 10.2 Å². The third-order valence-electron chi connectivity index (χ3n) is 4.80. The largest absolute Gasteiger partial charge is 0.493 e. The number of non-ortho nitro benzene ring substituents is 1. The summed E-state index contributed by atoms with van der Waals surface area (Å²) in [4.78, 5) is 13.1. The molecule has 0 spiro atoms. The van der Waals surface area contributed by atoms with E-state index in [0.29, 0.717) is 17.3 Å². The summed E-state index contributed by atoms with van der Waals surface area (Å²) >= 11 is 0. The summed E-state index contributed by atoms with van der Waals surface area (Å²) < 4.78 is 27.8. The highest BCUT2D eigenvalue weighted by Crippen LogP contribution is 2.38. The second kappa shape index (κ2) is 9.23. The lowest BCUT2D eigenvalue weighted by molar-refractivity contribution is -0.385. The minimum Gasteiger partial charge on any atom is -0.493 e. The van der Waals surface area contributed by atoms with Crippen LogP contribution in [0, 0.1) is 10.1 Å². The van der Waals surface area contributed by atoms with Crippen LogP contribution in [0.4, 0.5) is 17.1 Å². The Bertz CT molecular complexity index is 1240. The van der Waals surface area contributed by atoms with Crippen molar-refractivity contribution >= 4 is 38.0 Å². The lowest BCUT2D eigenvalue weighted by Crippen LogP contribution is -2.32. The number of hydrogen-bond donors (Lipinski definition) is 2. The molecule has 0 unspecified atom stereocenters. The number of aromatic nitrogens is 1. The third-order valence-corrected chi connectivity index (χ3v) is 6.81. The first kappa shape index (κ1) is 22.4. The number of nitro groups is 1. The fourth-order valence-electron chi connectivity index (χ4n) is 3.15. The van der Waals surface area contributed by atoms with Gasteiger partial charge in [-0.25, -0.2) is 8.42 Å². The van der Waals surface area contributed by atoms with Crippen molar-refractivity contribution in [2.45, 2.75) is 31.6 Å². The normalized spacial score (nSPS) is 12.2. The van der Waals surface area contributed by atoms with Gasteiger partial charge in [0, 0.05) is 30.6 Å². The molecule has 0 atom stereocenters. The van der Waals surface area contributed by atoms with Crippen LogP contribution in [0.15, 0.2) is 57.6 Å². The highest BCUT2D eigenvalue weighted by Gasteiger charge is 2.28. The van der Waals surface area contributed by atoms with Crippen LogP contribution in [-0.2, 0) is 10.0 Å². The zero-order valence-corrected chi connectivity index (χ0v) is 18.0. The van der Waals surface area contributed by atoms with Crippen LogP contribution in [0.25, 0.3) is 10.9 Å². The van der Waals surface area contributed by atoms with Crippen LogP contribution in [-0.4, -0.2) is 40.8 Å². The second-order valence-corrected chi connectivity index (χ2v) is 8.73. The SMILES string of the molecule is CCCCN(CC)S(=O)(=O)c1cc([N+](=O)[O-])ccc1N=Nc1c(O)[nH]c2ccccc12. The minimum absolute atomic E-state index is 0.0507. The molecule has 0 amide bonds. The molecule has 0 fully saturated rings. The van der Waals surface area contributed by atoms with Gasteiger partial charge in [-0.3, -0.25) is 10.1 Å². The molecule has 164 valence electrons. The minimum atomic E-state index is -4.05. The van der Waals surface area contributed by atoms with Gasteiger partial charge in [-0.05, 0) is 18.6 Å². The number of nitro benzene ring substituents is 1. The summed E-state index contributed by atoms with van der Waals surface area (Å²) in [5.74, 6) is -0.214. The Labute approximate surface area is 179 Å². The van der Waals surface area contributed by atoms with E-state index in [2.05, 4.69) is 15.2 Å². The Morgan fingerprint density at radius 1 is 1.16 bits per heavy atom. The third kappa shape index (κ3) is 4.57. The van der Waals surface area contributed by atoms with E-state index >= 15 is 0 Å². The molecule has 2 aromatic carbocycles. The summed E-state index contributed by atoms with van der Waals surface area (Å²) in [6.07, 6.45) is 1.45. The van der Waals surface area contributed by atoms with Gasteiger partial charge in [0.15, 0.2) is 5.69 Å². The first-order chi connectivity index (χ1) is 14.8. The molecule has 3 aromatic rings. The van der Waals surface area contributed by atoms with E-state index in [1.54, 1.807) is 31.2 Å². The number of sulfonamides is 1. The number of fused-ring (bicyclic) bond motifs is 1.